The molecule has 0 aliphatic heterocycles. The molecule has 1 aromatic heterocycles. The fraction of sp³-hybridized carbons (Fsp3) is 0.703. The Labute approximate surface area is 356 Å². The van der Waals surface area contributed by atoms with Crippen molar-refractivity contribution in [1.82, 2.24) is 47.2 Å². The van der Waals surface area contributed by atoms with Crippen molar-refractivity contribution in [2.24, 2.45) is 29.2 Å². The number of thiol groups is 2. The minimum Gasteiger partial charge on any atom is -0.480 e. The van der Waals surface area contributed by atoms with Gasteiger partial charge in [-0.2, -0.15) is 25.3 Å². The molecule has 20 nitrogen and oxygen atoms in total. The number of nitrogens with one attached hydrogen (secondary N) is 8. The van der Waals surface area contributed by atoms with Crippen LogP contribution in [-0.4, -0.2) is 129 Å². The highest BCUT2D eigenvalue weighted by Gasteiger charge is 2.35. The summed E-state index contributed by atoms with van der Waals surface area (Å²) in [6.45, 7) is 12.1. The molecule has 0 aliphatic rings. The van der Waals surface area contributed by atoms with E-state index in [-0.39, 0.29) is 36.7 Å². The first kappa shape index (κ1) is 52.6. The number of amides is 7. The number of aliphatic carboxylic acids is 1. The Hall–Kier alpha value is -4.41. The third-order valence-electron chi connectivity index (χ3n) is 9.11. The first-order chi connectivity index (χ1) is 27.7. The van der Waals surface area contributed by atoms with E-state index in [9.17, 15) is 43.5 Å². The molecule has 334 valence electrons. The summed E-state index contributed by atoms with van der Waals surface area (Å²) in [5, 5.41) is 27.5. The molecule has 13 N–H and O–H groups in total. The van der Waals surface area contributed by atoms with Crippen molar-refractivity contribution in [3.8, 4) is 0 Å². The summed E-state index contributed by atoms with van der Waals surface area (Å²) < 4.78 is 0. The van der Waals surface area contributed by atoms with Gasteiger partial charge < -0.3 is 58.8 Å². The van der Waals surface area contributed by atoms with Crippen molar-refractivity contribution < 1.29 is 43.5 Å². The largest absolute Gasteiger partial charge is 0.480 e. The van der Waals surface area contributed by atoms with E-state index in [1.54, 1.807) is 27.7 Å². The van der Waals surface area contributed by atoms with E-state index in [2.05, 4.69) is 72.4 Å². The minimum absolute atomic E-state index is 0.0188. The lowest BCUT2D eigenvalue weighted by molar-refractivity contribution is -0.142. The number of nitrogens with zero attached hydrogens (tertiary/aromatic N) is 1. The van der Waals surface area contributed by atoms with E-state index in [1.807, 2.05) is 13.8 Å². The lowest BCUT2D eigenvalue weighted by atomic mass is 9.99. The molecule has 22 heteroatoms. The standard InChI is InChI=1S/C37H65N11O9S2/c1-18(2)12-25(44-31(50)23(39)15-58)34(53)43-24(10-8-9-11-38)32(51)45-26(13-22-14-40-17-41-22)33(52)42-21(7)30(49)47-29(20(5)6)36(55)48-28(19(3)4)35(54)46-27(16-59)37(56)57/h14,17-21,23-29,58-59H,8-13,15-16,38-39H2,1-7H3,(H,40,41)(H,42,52)(H,43,53)(H,44,50)(H,45,51)(H,46,54)(H,47,49)(H,48,55)(H,56,57)/t21-,23-,24-,25-,26-,27-,28-,29-/m0/s1. The molecule has 0 bridgehead atoms. The maximum atomic E-state index is 13.9. The second kappa shape index (κ2) is 26.6. The van der Waals surface area contributed by atoms with Crippen molar-refractivity contribution in [2.45, 2.75) is 129 Å². The molecule has 0 aliphatic carbocycles. The van der Waals surface area contributed by atoms with Gasteiger partial charge in [-0.25, -0.2) is 9.78 Å². The van der Waals surface area contributed by atoms with Gasteiger partial charge in [0.2, 0.25) is 41.4 Å². The number of carbonyl (C=O) groups is 8. The van der Waals surface area contributed by atoms with E-state index in [0.29, 0.717) is 25.1 Å². The number of carboxylic acid groups (broad SMARTS) is 1. The van der Waals surface area contributed by atoms with Crippen molar-refractivity contribution in [1.29, 1.82) is 0 Å². The molecule has 0 fully saturated rings. The third-order valence-corrected chi connectivity index (χ3v) is 9.87. The van der Waals surface area contributed by atoms with Crippen LogP contribution in [-0.2, 0) is 44.8 Å². The van der Waals surface area contributed by atoms with Crippen LogP contribution in [0, 0.1) is 17.8 Å². The van der Waals surface area contributed by atoms with Crippen molar-refractivity contribution in [3.63, 3.8) is 0 Å². The van der Waals surface area contributed by atoms with Crippen LogP contribution >= 0.6 is 25.3 Å². The molecule has 0 spiro atoms. The number of carbonyl (C=O) groups excluding carboxylic acids is 7. The summed E-state index contributed by atoms with van der Waals surface area (Å²) >= 11 is 8.01. The fourth-order valence-corrected chi connectivity index (χ4v) is 6.03. The van der Waals surface area contributed by atoms with Crippen molar-refractivity contribution >= 4 is 72.6 Å². The number of carboxylic acids is 1. The van der Waals surface area contributed by atoms with Crippen LogP contribution in [0.15, 0.2) is 12.5 Å². The summed E-state index contributed by atoms with van der Waals surface area (Å²) in [5.74, 6) is -7.31. The molecular weight excluding hydrogens is 807 g/mol. The second-order valence-electron chi connectivity index (χ2n) is 15.4. The smallest absolute Gasteiger partial charge is 0.327 e. The molecule has 0 saturated heterocycles. The van der Waals surface area contributed by atoms with Gasteiger partial charge in [0.25, 0.3) is 0 Å². The maximum Gasteiger partial charge on any atom is 0.327 e. The van der Waals surface area contributed by atoms with Crippen LogP contribution in [0.2, 0.25) is 0 Å². The Bertz CT molecular complexity index is 1550. The summed E-state index contributed by atoms with van der Waals surface area (Å²) in [6, 6.07) is -9.26. The quantitative estimate of drug-likeness (QED) is 0.0342. The summed E-state index contributed by atoms with van der Waals surface area (Å²) in [4.78, 5) is 112. The zero-order valence-corrected chi connectivity index (χ0v) is 36.7. The number of H-pyrrole nitrogens is 1. The van der Waals surface area contributed by atoms with Gasteiger partial charge in [0.05, 0.1) is 12.4 Å². The number of aromatic nitrogens is 2. The Morgan fingerprint density at radius 1 is 0.661 bits per heavy atom. The fourth-order valence-electron chi connectivity index (χ4n) is 5.61. The molecule has 1 aromatic rings. The average molecular weight is 872 g/mol. The number of nitrogens with two attached hydrogens (primary N) is 2. The lowest BCUT2D eigenvalue weighted by Gasteiger charge is -2.29. The number of unbranched alkanes of at least 4 members (excludes halogenated alkanes) is 1. The minimum atomic E-state index is -1.30. The highest BCUT2D eigenvalue weighted by molar-refractivity contribution is 7.80. The normalized spacial score (nSPS) is 15.4. The van der Waals surface area contributed by atoms with Gasteiger partial charge in [-0.15, -0.1) is 0 Å². The predicted octanol–water partition coefficient (Wildman–Crippen LogP) is -1.88. The molecular formula is C37H65N11O9S2. The molecule has 1 heterocycles. The molecule has 0 unspecified atom stereocenters. The highest BCUT2D eigenvalue weighted by atomic mass is 32.1. The van der Waals surface area contributed by atoms with Crippen molar-refractivity contribution in [3.05, 3.63) is 18.2 Å². The van der Waals surface area contributed by atoms with Gasteiger partial charge >= 0.3 is 5.97 Å². The highest BCUT2D eigenvalue weighted by Crippen LogP contribution is 2.11. The van der Waals surface area contributed by atoms with Gasteiger partial charge in [0.15, 0.2) is 0 Å². The molecule has 0 saturated carbocycles. The monoisotopic (exact) mass is 871 g/mol. The molecule has 59 heavy (non-hydrogen) atoms. The van der Waals surface area contributed by atoms with Gasteiger partial charge in [-0.05, 0) is 56.9 Å². The Morgan fingerprint density at radius 2 is 1.17 bits per heavy atom. The summed E-state index contributed by atoms with van der Waals surface area (Å²) in [7, 11) is 0. The van der Waals surface area contributed by atoms with Crippen molar-refractivity contribution in [2.75, 3.05) is 18.1 Å². The van der Waals surface area contributed by atoms with Gasteiger partial charge in [0, 0.05) is 29.8 Å². The second-order valence-corrected chi connectivity index (χ2v) is 16.2. The van der Waals surface area contributed by atoms with Gasteiger partial charge in [-0.1, -0.05) is 41.5 Å². The number of hydrogen-bond acceptors (Lipinski definition) is 13. The van der Waals surface area contributed by atoms with Crippen LogP contribution in [0.1, 0.15) is 79.8 Å². The van der Waals surface area contributed by atoms with Crippen LogP contribution in [0.4, 0.5) is 0 Å². The molecule has 1 rings (SSSR count). The van der Waals surface area contributed by atoms with Crippen LogP contribution in [0.25, 0.3) is 0 Å². The third kappa shape index (κ3) is 18.6. The first-order valence-corrected chi connectivity index (χ1v) is 20.9. The topological polar surface area (TPSA) is 322 Å². The van der Waals surface area contributed by atoms with Crippen LogP contribution < -0.4 is 48.7 Å². The molecule has 7 amide bonds. The Kier molecular flexibility index (Phi) is 23.8. The predicted molar refractivity (Wildman–Crippen MR) is 227 cm³/mol. The zero-order valence-electron chi connectivity index (χ0n) is 34.9. The average Bonchev–Trinajstić information content (AvgIpc) is 3.68. The summed E-state index contributed by atoms with van der Waals surface area (Å²) in [5.41, 5.74) is 12.0. The molecule has 0 radical (unpaired) electrons. The van der Waals surface area contributed by atoms with E-state index < -0.39 is 107 Å². The zero-order chi connectivity index (χ0) is 45.0. The number of imidazole rings is 1. The van der Waals surface area contributed by atoms with Crippen LogP contribution in [0.3, 0.4) is 0 Å². The Morgan fingerprint density at radius 3 is 1.66 bits per heavy atom. The first-order valence-electron chi connectivity index (χ1n) is 19.7. The van der Waals surface area contributed by atoms with E-state index in [4.69, 9.17) is 11.5 Å². The molecule has 8 atom stereocenters. The van der Waals surface area contributed by atoms with Gasteiger partial charge in [-0.3, -0.25) is 33.6 Å². The van der Waals surface area contributed by atoms with Crippen LogP contribution in [0.5, 0.6) is 0 Å². The summed E-state index contributed by atoms with van der Waals surface area (Å²) in [6.07, 6.45) is 4.13. The molecule has 0 aromatic carbocycles. The number of rotatable bonds is 27. The van der Waals surface area contributed by atoms with E-state index in [1.165, 1.54) is 19.4 Å². The Balaban J connectivity index is 3.25. The number of aromatic amines is 1. The lowest BCUT2D eigenvalue weighted by Crippen LogP contribution is -2.61. The van der Waals surface area contributed by atoms with Gasteiger partial charge in [0.1, 0.15) is 42.3 Å². The van der Waals surface area contributed by atoms with E-state index in [0.717, 1.165) is 0 Å². The maximum absolute atomic E-state index is 13.9. The SMILES string of the molecule is CC(C)C[C@H](NC(=O)[C@@H](N)CS)C(=O)N[C@@H](CCCCN)C(=O)N[C@@H](Cc1cnc[nH]1)C(=O)N[C@@H](C)C(=O)N[C@H](C(=O)N[C@H](C(=O)N[C@@H](CS)C(=O)O)C(C)C)C(C)C. The number of hydrogen-bond donors (Lipinski definition) is 13. The van der Waals surface area contributed by atoms with E-state index >= 15 is 0 Å².